The fraction of sp³-hybridized carbons (Fsp3) is 0.278. The molecule has 0 radical (unpaired) electrons. The number of esters is 1. The first kappa shape index (κ1) is 11.7. The number of rotatable bonds is 0. The summed E-state index contributed by atoms with van der Waals surface area (Å²) in [6, 6.07) is 8.74. The van der Waals surface area contributed by atoms with E-state index >= 15 is 0 Å². The number of benzene rings is 2. The van der Waals surface area contributed by atoms with Crippen LogP contribution in [0.2, 0.25) is 0 Å². The van der Waals surface area contributed by atoms with Crippen molar-refractivity contribution in [3.8, 4) is 11.1 Å². The Kier molecular flexibility index (Phi) is 2.31. The van der Waals surface area contributed by atoms with Gasteiger partial charge in [0.25, 0.3) is 0 Å². The molecule has 0 spiro atoms. The molecule has 2 nitrogen and oxygen atoms in total. The molecule has 2 aliphatic rings. The summed E-state index contributed by atoms with van der Waals surface area (Å²) in [4.78, 5) is 11.7. The molecular weight excluding hydrogens is 248 g/mol. The minimum Gasteiger partial charge on any atom is -0.457 e. The van der Waals surface area contributed by atoms with Gasteiger partial charge in [0.1, 0.15) is 6.61 Å². The van der Waals surface area contributed by atoms with E-state index in [2.05, 4.69) is 32.0 Å². The van der Waals surface area contributed by atoms with Crippen molar-refractivity contribution in [1.29, 1.82) is 0 Å². The second-order valence-corrected chi connectivity index (χ2v) is 5.86. The van der Waals surface area contributed by atoms with E-state index in [9.17, 15) is 4.79 Å². The van der Waals surface area contributed by atoms with Gasteiger partial charge in [-0.15, -0.1) is 0 Å². The Labute approximate surface area is 118 Å². The monoisotopic (exact) mass is 264 g/mol. The fourth-order valence-corrected chi connectivity index (χ4v) is 3.57. The Morgan fingerprint density at radius 3 is 2.50 bits per heavy atom. The first-order valence-corrected chi connectivity index (χ1v) is 7.07. The van der Waals surface area contributed by atoms with Gasteiger partial charge >= 0.3 is 5.97 Å². The van der Waals surface area contributed by atoms with E-state index in [1.165, 1.54) is 33.4 Å². The summed E-state index contributed by atoms with van der Waals surface area (Å²) in [5.74, 6) is -0.172. The SMILES string of the molecule is Cc1cc(C)c2c(c1)CCc1cc3c(cc1-2)COC3=O. The zero-order chi connectivity index (χ0) is 13.9. The zero-order valence-electron chi connectivity index (χ0n) is 11.7. The summed E-state index contributed by atoms with van der Waals surface area (Å²) in [5, 5.41) is 0. The Bertz CT molecular complexity index is 756. The van der Waals surface area contributed by atoms with Crippen molar-refractivity contribution in [1.82, 2.24) is 0 Å². The summed E-state index contributed by atoms with van der Waals surface area (Å²) in [5.41, 5.74) is 9.80. The first-order chi connectivity index (χ1) is 9.63. The smallest absolute Gasteiger partial charge is 0.338 e. The Morgan fingerprint density at radius 1 is 0.900 bits per heavy atom. The third-order valence-corrected chi connectivity index (χ3v) is 4.40. The van der Waals surface area contributed by atoms with E-state index in [-0.39, 0.29) is 5.97 Å². The molecule has 0 saturated heterocycles. The average Bonchev–Trinajstić information content (AvgIpc) is 2.77. The maximum Gasteiger partial charge on any atom is 0.338 e. The molecule has 2 heteroatoms. The van der Waals surface area contributed by atoms with Gasteiger partial charge in [-0.1, -0.05) is 17.7 Å². The third-order valence-electron chi connectivity index (χ3n) is 4.40. The molecule has 0 unspecified atom stereocenters. The van der Waals surface area contributed by atoms with Crippen molar-refractivity contribution in [3.63, 3.8) is 0 Å². The summed E-state index contributed by atoms with van der Waals surface area (Å²) >= 11 is 0. The second kappa shape index (κ2) is 3.95. The molecule has 0 fully saturated rings. The highest BCUT2D eigenvalue weighted by Gasteiger charge is 2.26. The van der Waals surface area contributed by atoms with Crippen molar-refractivity contribution < 1.29 is 9.53 Å². The molecule has 0 N–H and O–H groups in total. The number of hydrogen-bond acceptors (Lipinski definition) is 2. The van der Waals surface area contributed by atoms with Gasteiger partial charge in [0.05, 0.1) is 5.56 Å². The molecule has 0 aromatic heterocycles. The van der Waals surface area contributed by atoms with E-state index in [4.69, 9.17) is 4.74 Å². The van der Waals surface area contributed by atoms with Crippen LogP contribution in [0.5, 0.6) is 0 Å². The van der Waals surface area contributed by atoms with Crippen LogP contribution in [0.4, 0.5) is 0 Å². The molecule has 1 aliphatic carbocycles. The number of fused-ring (bicyclic) bond motifs is 4. The first-order valence-electron chi connectivity index (χ1n) is 7.07. The van der Waals surface area contributed by atoms with Crippen molar-refractivity contribution >= 4 is 5.97 Å². The fourth-order valence-electron chi connectivity index (χ4n) is 3.57. The third kappa shape index (κ3) is 1.54. The van der Waals surface area contributed by atoms with Crippen LogP contribution in [0.1, 0.15) is 38.2 Å². The van der Waals surface area contributed by atoms with Gasteiger partial charge < -0.3 is 4.74 Å². The average molecular weight is 264 g/mol. The normalized spacial score (nSPS) is 15.4. The lowest BCUT2D eigenvalue weighted by Crippen LogP contribution is -2.08. The molecule has 1 heterocycles. The molecule has 0 atom stereocenters. The van der Waals surface area contributed by atoms with Crippen LogP contribution >= 0.6 is 0 Å². The van der Waals surface area contributed by atoms with Gasteiger partial charge in [-0.3, -0.25) is 0 Å². The highest BCUT2D eigenvalue weighted by atomic mass is 16.5. The summed E-state index contributed by atoms with van der Waals surface area (Å²) in [6.45, 7) is 4.75. The molecule has 0 saturated carbocycles. The molecule has 20 heavy (non-hydrogen) atoms. The zero-order valence-corrected chi connectivity index (χ0v) is 11.7. The minimum atomic E-state index is -0.172. The van der Waals surface area contributed by atoms with Gasteiger partial charge in [0.2, 0.25) is 0 Å². The maximum absolute atomic E-state index is 11.7. The second-order valence-electron chi connectivity index (χ2n) is 5.86. The van der Waals surface area contributed by atoms with Gasteiger partial charge in [-0.05, 0) is 66.6 Å². The van der Waals surface area contributed by atoms with E-state index in [1.54, 1.807) is 0 Å². The van der Waals surface area contributed by atoms with Crippen LogP contribution in [-0.4, -0.2) is 5.97 Å². The molecular formula is C18H16O2. The number of ether oxygens (including phenoxy) is 1. The number of aryl methyl sites for hydroxylation is 4. The Morgan fingerprint density at radius 2 is 1.65 bits per heavy atom. The number of carbonyl (C=O) groups excluding carboxylic acids is 1. The number of carbonyl (C=O) groups is 1. The lowest BCUT2D eigenvalue weighted by molar-refractivity contribution is 0.0535. The molecule has 2 aromatic rings. The van der Waals surface area contributed by atoms with Crippen molar-refractivity contribution in [2.75, 3.05) is 0 Å². The van der Waals surface area contributed by atoms with Crippen LogP contribution in [0, 0.1) is 13.8 Å². The summed E-state index contributed by atoms with van der Waals surface area (Å²) in [6.07, 6.45) is 2.06. The summed E-state index contributed by atoms with van der Waals surface area (Å²) < 4.78 is 5.14. The van der Waals surface area contributed by atoms with Gasteiger partial charge in [-0.2, -0.15) is 0 Å². The van der Waals surface area contributed by atoms with Crippen molar-refractivity contribution in [3.05, 3.63) is 57.6 Å². The van der Waals surface area contributed by atoms with Crippen LogP contribution < -0.4 is 0 Å². The molecule has 0 amide bonds. The molecule has 100 valence electrons. The quantitative estimate of drug-likeness (QED) is 0.677. The van der Waals surface area contributed by atoms with E-state index in [0.717, 1.165) is 24.0 Å². The van der Waals surface area contributed by atoms with Gasteiger partial charge in [-0.25, -0.2) is 4.79 Å². The lowest BCUT2D eigenvalue weighted by atomic mass is 9.81. The topological polar surface area (TPSA) is 26.3 Å². The predicted octanol–water partition coefficient (Wildman–Crippen LogP) is 3.74. The number of hydrogen-bond donors (Lipinski definition) is 0. The summed E-state index contributed by atoms with van der Waals surface area (Å²) in [7, 11) is 0. The van der Waals surface area contributed by atoms with Crippen LogP contribution in [0.25, 0.3) is 11.1 Å². The van der Waals surface area contributed by atoms with Crippen molar-refractivity contribution in [2.45, 2.75) is 33.3 Å². The lowest BCUT2D eigenvalue weighted by Gasteiger charge is -2.23. The Balaban J connectivity index is 1.99. The predicted molar refractivity (Wildman–Crippen MR) is 77.9 cm³/mol. The van der Waals surface area contributed by atoms with Crippen LogP contribution in [-0.2, 0) is 24.2 Å². The molecule has 2 aromatic carbocycles. The van der Waals surface area contributed by atoms with Crippen molar-refractivity contribution in [2.24, 2.45) is 0 Å². The maximum atomic E-state index is 11.7. The van der Waals surface area contributed by atoms with E-state index < -0.39 is 0 Å². The van der Waals surface area contributed by atoms with E-state index in [1.807, 2.05) is 6.07 Å². The highest BCUT2D eigenvalue weighted by Crippen LogP contribution is 2.39. The van der Waals surface area contributed by atoms with Crippen LogP contribution in [0.3, 0.4) is 0 Å². The highest BCUT2D eigenvalue weighted by molar-refractivity contribution is 5.95. The number of cyclic esters (lactones) is 1. The molecule has 0 bridgehead atoms. The molecule has 1 aliphatic heterocycles. The van der Waals surface area contributed by atoms with Crippen LogP contribution in [0.15, 0.2) is 24.3 Å². The van der Waals surface area contributed by atoms with E-state index in [0.29, 0.717) is 6.61 Å². The molecule has 4 rings (SSSR count). The largest absolute Gasteiger partial charge is 0.457 e. The van der Waals surface area contributed by atoms with Gasteiger partial charge in [0.15, 0.2) is 0 Å². The Hall–Kier alpha value is -2.09. The minimum absolute atomic E-state index is 0.172. The standard InChI is InChI=1S/C18H16O2/c1-10-5-11(2)17-13(6-10)4-3-12-7-16-14(8-15(12)17)9-20-18(16)19/h5-8H,3-4,9H2,1-2H3. The van der Waals surface area contributed by atoms with Gasteiger partial charge in [0, 0.05) is 5.56 Å².